The Morgan fingerprint density at radius 2 is 0.536 bits per heavy atom. The van der Waals surface area contributed by atoms with Crippen LogP contribution in [0.4, 0.5) is 0 Å². The number of hydrogen-bond donors (Lipinski definition) is 0. The fraction of sp³-hybridized carbons (Fsp3) is 0.825. The maximum absolute atomic E-state index is 12.8. The molecule has 0 spiro atoms. The molecule has 69 heavy (non-hydrogen) atoms. The molecule has 0 aliphatic carbocycles. The van der Waals surface area contributed by atoms with Gasteiger partial charge < -0.3 is 14.2 Å². The van der Waals surface area contributed by atoms with E-state index in [1.54, 1.807) is 0 Å². The molecule has 0 heterocycles. The second-order valence-electron chi connectivity index (χ2n) is 20.3. The minimum Gasteiger partial charge on any atom is -0.462 e. The highest BCUT2D eigenvalue weighted by molar-refractivity contribution is 5.71. The van der Waals surface area contributed by atoms with Crippen molar-refractivity contribution in [2.75, 3.05) is 13.2 Å². The van der Waals surface area contributed by atoms with Crippen molar-refractivity contribution in [3.05, 3.63) is 48.6 Å². The molecule has 1 atom stereocenters. The van der Waals surface area contributed by atoms with Crippen molar-refractivity contribution in [2.45, 2.75) is 322 Å². The summed E-state index contributed by atoms with van der Waals surface area (Å²) in [5.41, 5.74) is 0. The monoisotopic (exact) mass is 967 g/mol. The van der Waals surface area contributed by atoms with Gasteiger partial charge in [-0.15, -0.1) is 0 Å². The second-order valence-corrected chi connectivity index (χ2v) is 20.3. The lowest BCUT2D eigenvalue weighted by molar-refractivity contribution is -0.167. The van der Waals surface area contributed by atoms with Gasteiger partial charge >= 0.3 is 17.9 Å². The lowest BCUT2D eigenvalue weighted by Gasteiger charge is -2.18. The molecule has 0 rings (SSSR count). The largest absolute Gasteiger partial charge is 0.462 e. The Balaban J connectivity index is 4.40. The molecule has 0 aliphatic heterocycles. The Bertz CT molecular complexity index is 1200. The molecular weight excluding hydrogens is 853 g/mol. The van der Waals surface area contributed by atoms with Crippen molar-refractivity contribution in [1.82, 2.24) is 0 Å². The van der Waals surface area contributed by atoms with Crippen LogP contribution in [0.3, 0.4) is 0 Å². The van der Waals surface area contributed by atoms with E-state index in [-0.39, 0.29) is 37.5 Å². The van der Waals surface area contributed by atoms with Gasteiger partial charge in [-0.05, 0) is 57.8 Å². The molecule has 0 N–H and O–H groups in total. The smallest absolute Gasteiger partial charge is 0.306 e. The van der Waals surface area contributed by atoms with Crippen LogP contribution >= 0.6 is 0 Å². The summed E-state index contributed by atoms with van der Waals surface area (Å²) in [4.78, 5) is 38.2. The fourth-order valence-corrected chi connectivity index (χ4v) is 8.79. The van der Waals surface area contributed by atoms with Crippen LogP contribution in [-0.2, 0) is 28.6 Å². The van der Waals surface area contributed by atoms with Gasteiger partial charge in [-0.2, -0.15) is 0 Å². The Morgan fingerprint density at radius 3 is 0.855 bits per heavy atom. The normalized spacial score (nSPS) is 12.3. The van der Waals surface area contributed by atoms with Crippen LogP contribution < -0.4 is 0 Å². The third kappa shape index (κ3) is 56.2. The van der Waals surface area contributed by atoms with E-state index in [2.05, 4.69) is 69.4 Å². The number of esters is 3. The van der Waals surface area contributed by atoms with Crippen LogP contribution in [0.15, 0.2) is 48.6 Å². The van der Waals surface area contributed by atoms with E-state index in [0.29, 0.717) is 19.3 Å². The molecule has 0 aliphatic rings. The van der Waals surface area contributed by atoms with Gasteiger partial charge in [-0.1, -0.05) is 288 Å². The molecule has 0 aromatic carbocycles. The predicted molar refractivity (Wildman–Crippen MR) is 298 cm³/mol. The maximum atomic E-state index is 12.8. The van der Waals surface area contributed by atoms with Crippen LogP contribution in [0.2, 0.25) is 0 Å². The third-order valence-electron chi connectivity index (χ3n) is 13.3. The summed E-state index contributed by atoms with van der Waals surface area (Å²) in [5, 5.41) is 0. The molecule has 0 amide bonds. The van der Waals surface area contributed by atoms with Crippen LogP contribution in [-0.4, -0.2) is 37.2 Å². The molecule has 402 valence electrons. The van der Waals surface area contributed by atoms with E-state index in [1.807, 2.05) is 0 Å². The average Bonchev–Trinajstić information content (AvgIpc) is 3.35. The third-order valence-corrected chi connectivity index (χ3v) is 13.3. The first-order valence-corrected chi connectivity index (χ1v) is 30.1. The zero-order valence-corrected chi connectivity index (χ0v) is 46.1. The average molecular weight is 968 g/mol. The van der Waals surface area contributed by atoms with E-state index in [9.17, 15) is 14.4 Å². The molecule has 0 unspecified atom stereocenters. The highest BCUT2D eigenvalue weighted by Gasteiger charge is 2.19. The first-order chi connectivity index (χ1) is 34.0. The minimum atomic E-state index is -0.798. The molecule has 0 saturated heterocycles. The van der Waals surface area contributed by atoms with Crippen molar-refractivity contribution in [1.29, 1.82) is 0 Å². The molecule has 0 saturated carbocycles. The highest BCUT2D eigenvalue weighted by Crippen LogP contribution is 2.17. The lowest BCUT2D eigenvalue weighted by atomic mass is 10.0. The zero-order valence-electron chi connectivity index (χ0n) is 46.1. The van der Waals surface area contributed by atoms with Crippen LogP contribution in [0.5, 0.6) is 0 Å². The molecule has 0 aromatic rings. The van der Waals surface area contributed by atoms with Gasteiger partial charge in [0.05, 0.1) is 0 Å². The van der Waals surface area contributed by atoms with Gasteiger partial charge in [-0.25, -0.2) is 0 Å². The number of rotatable bonds is 55. The first kappa shape index (κ1) is 66.4. The first-order valence-electron chi connectivity index (χ1n) is 30.1. The fourth-order valence-electron chi connectivity index (χ4n) is 8.79. The SMILES string of the molecule is CCCCC/C=C/C/C=C/C/C=C/C/C=C/CCCC(=O)O[C@H](COC(=O)CCCCCCCCCCCCCCCCC)COC(=O)CCCCCCCCCCCCCCCCCCCCC. The Morgan fingerprint density at radius 1 is 0.290 bits per heavy atom. The maximum Gasteiger partial charge on any atom is 0.306 e. The van der Waals surface area contributed by atoms with Crippen LogP contribution in [0.25, 0.3) is 0 Å². The van der Waals surface area contributed by atoms with Crippen molar-refractivity contribution < 1.29 is 28.6 Å². The minimum absolute atomic E-state index is 0.0902. The second kappa shape index (κ2) is 57.9. The van der Waals surface area contributed by atoms with Crippen molar-refractivity contribution in [2.24, 2.45) is 0 Å². The van der Waals surface area contributed by atoms with E-state index in [0.717, 1.165) is 64.2 Å². The lowest BCUT2D eigenvalue weighted by Crippen LogP contribution is -2.30. The van der Waals surface area contributed by atoms with Gasteiger partial charge in [0.2, 0.25) is 0 Å². The summed E-state index contributed by atoms with van der Waals surface area (Å²) in [6.45, 7) is 6.62. The number of ether oxygens (including phenoxy) is 3. The van der Waals surface area contributed by atoms with E-state index < -0.39 is 6.10 Å². The summed E-state index contributed by atoms with van der Waals surface area (Å²) in [6, 6.07) is 0. The molecule has 6 heteroatoms. The van der Waals surface area contributed by atoms with E-state index in [1.165, 1.54) is 205 Å². The number of allylic oxidation sites excluding steroid dienone is 8. The molecule has 0 aromatic heterocycles. The Labute approximate surface area is 428 Å². The summed E-state index contributed by atoms with van der Waals surface area (Å²) in [7, 11) is 0. The molecule has 0 bridgehead atoms. The topological polar surface area (TPSA) is 78.9 Å². The summed E-state index contributed by atoms with van der Waals surface area (Å²) >= 11 is 0. The van der Waals surface area contributed by atoms with Crippen molar-refractivity contribution >= 4 is 17.9 Å². The summed E-state index contributed by atoms with van der Waals surface area (Å²) in [5.74, 6) is -0.927. The van der Waals surface area contributed by atoms with Crippen molar-refractivity contribution in [3.8, 4) is 0 Å². The number of hydrogen-bond acceptors (Lipinski definition) is 6. The van der Waals surface area contributed by atoms with Gasteiger partial charge in [0.15, 0.2) is 6.10 Å². The van der Waals surface area contributed by atoms with Crippen LogP contribution in [0, 0.1) is 0 Å². The number of carbonyl (C=O) groups excluding carboxylic acids is 3. The van der Waals surface area contributed by atoms with Gasteiger partial charge in [0.25, 0.3) is 0 Å². The molecular formula is C63H114O6. The highest BCUT2D eigenvalue weighted by atomic mass is 16.6. The van der Waals surface area contributed by atoms with Crippen molar-refractivity contribution in [3.63, 3.8) is 0 Å². The zero-order chi connectivity index (χ0) is 50.0. The van der Waals surface area contributed by atoms with E-state index >= 15 is 0 Å². The van der Waals surface area contributed by atoms with Gasteiger partial charge in [-0.3, -0.25) is 14.4 Å². The Hall–Kier alpha value is -2.63. The molecule has 0 fully saturated rings. The standard InChI is InChI=1S/C63H114O6/c1-4-7-10-13-16-19-22-25-28-30-31-33-35-38-41-44-47-50-53-56-62(65)68-59-60(58-67-61(64)55-52-49-46-43-40-37-34-27-24-21-18-15-12-9-6-3)69-63(66)57-54-51-48-45-42-39-36-32-29-26-23-20-17-14-11-8-5-2/h17,20,26,29,36,39,45,48,60H,4-16,18-19,21-25,27-28,30-35,37-38,40-44,46-47,49-59H2,1-3H3/b20-17+,29-26+,39-36+,48-45+/t60-/m1/s1. The number of carbonyl (C=O) groups is 3. The quantitative estimate of drug-likeness (QED) is 0.0262. The summed E-state index contributed by atoms with van der Waals surface area (Å²) < 4.78 is 16.9. The number of unbranched alkanes of at least 4 members (excludes halogenated alkanes) is 36. The van der Waals surface area contributed by atoms with E-state index in [4.69, 9.17) is 14.2 Å². The Kier molecular flexibility index (Phi) is 55.7. The summed E-state index contributed by atoms with van der Waals surface area (Å²) in [6.07, 6.45) is 71.1. The molecule has 6 nitrogen and oxygen atoms in total. The van der Waals surface area contributed by atoms with Gasteiger partial charge in [0, 0.05) is 19.3 Å². The van der Waals surface area contributed by atoms with Gasteiger partial charge in [0.1, 0.15) is 13.2 Å². The predicted octanol–water partition coefficient (Wildman–Crippen LogP) is 20.2. The molecule has 0 radical (unpaired) electrons. The van der Waals surface area contributed by atoms with Crippen LogP contribution in [0.1, 0.15) is 316 Å².